The molecule has 0 radical (unpaired) electrons. The molecule has 106 valence electrons. The quantitative estimate of drug-likeness (QED) is 0.527. The maximum Gasteiger partial charge on any atom is 0.122 e. The number of hydrogen-bond donors (Lipinski definition) is 1. The molecule has 0 aliphatic heterocycles. The highest BCUT2D eigenvalue weighted by molar-refractivity contribution is 6.34. The van der Waals surface area contributed by atoms with Gasteiger partial charge in [0.05, 0.1) is 5.02 Å². The van der Waals surface area contributed by atoms with Crippen LogP contribution >= 0.6 is 11.6 Å². The highest BCUT2D eigenvalue weighted by atomic mass is 35.5. The van der Waals surface area contributed by atoms with E-state index in [0.29, 0.717) is 22.3 Å². The van der Waals surface area contributed by atoms with Crippen molar-refractivity contribution in [3.8, 4) is 11.8 Å². The molecule has 5 heteroatoms. The molecule has 2 rings (SSSR count). The van der Waals surface area contributed by atoms with Crippen molar-refractivity contribution in [2.45, 2.75) is 32.8 Å². The highest BCUT2D eigenvalue weighted by Crippen LogP contribution is 2.27. The van der Waals surface area contributed by atoms with Crippen molar-refractivity contribution in [3.05, 3.63) is 28.5 Å². The van der Waals surface area contributed by atoms with Crippen molar-refractivity contribution in [1.29, 1.82) is 0 Å². The van der Waals surface area contributed by atoms with E-state index in [0.717, 1.165) is 5.56 Å². The van der Waals surface area contributed by atoms with Gasteiger partial charge in [-0.15, -0.1) is 0 Å². The Bertz CT molecular complexity index is 568. The maximum atomic E-state index is 6.23. The van der Waals surface area contributed by atoms with Crippen LogP contribution in [-0.2, 0) is 4.84 Å². The van der Waals surface area contributed by atoms with Gasteiger partial charge in [-0.25, -0.2) is 0 Å². The van der Waals surface area contributed by atoms with Gasteiger partial charge in [-0.05, 0) is 32.8 Å². The Labute approximate surface area is 124 Å². The van der Waals surface area contributed by atoms with Gasteiger partial charge in [0.1, 0.15) is 17.5 Å². The molecule has 1 aromatic rings. The Hall–Kier alpha value is -1.57. The summed E-state index contributed by atoms with van der Waals surface area (Å²) >= 11 is 6.23. The zero-order chi connectivity index (χ0) is 14.5. The fourth-order valence-electron chi connectivity index (χ4n) is 1.48. The molecular formula is C15H18ClN3O. The summed E-state index contributed by atoms with van der Waals surface area (Å²) in [7, 11) is 0. The molecule has 1 aliphatic carbocycles. The molecule has 0 aromatic carbocycles. The highest BCUT2D eigenvalue weighted by Gasteiger charge is 2.18. The van der Waals surface area contributed by atoms with Crippen LogP contribution in [0.4, 0.5) is 0 Å². The molecule has 20 heavy (non-hydrogen) atoms. The monoisotopic (exact) mass is 291 g/mol. The molecule has 1 fully saturated rings. The molecule has 0 unspecified atom stereocenters. The minimum absolute atomic E-state index is 0.0148. The Balaban J connectivity index is 2.19. The van der Waals surface area contributed by atoms with Crippen molar-refractivity contribution >= 4 is 17.3 Å². The van der Waals surface area contributed by atoms with Crippen LogP contribution in [0.2, 0.25) is 5.02 Å². The minimum atomic E-state index is -0.0148. The summed E-state index contributed by atoms with van der Waals surface area (Å²) in [6.45, 7) is 4.00. The van der Waals surface area contributed by atoms with E-state index in [1.165, 1.54) is 12.8 Å². The van der Waals surface area contributed by atoms with Gasteiger partial charge >= 0.3 is 0 Å². The van der Waals surface area contributed by atoms with Crippen molar-refractivity contribution in [1.82, 2.24) is 4.98 Å². The van der Waals surface area contributed by atoms with E-state index in [2.05, 4.69) is 22.0 Å². The summed E-state index contributed by atoms with van der Waals surface area (Å²) in [5.41, 5.74) is 7.56. The third-order valence-corrected chi connectivity index (χ3v) is 2.97. The van der Waals surface area contributed by atoms with Gasteiger partial charge in [0.2, 0.25) is 0 Å². The van der Waals surface area contributed by atoms with E-state index in [4.69, 9.17) is 22.2 Å². The summed E-state index contributed by atoms with van der Waals surface area (Å²) in [5, 5.41) is 4.49. The molecule has 4 nitrogen and oxygen atoms in total. The van der Waals surface area contributed by atoms with Gasteiger partial charge in [0.25, 0.3) is 0 Å². The Kier molecular flexibility index (Phi) is 4.99. The van der Waals surface area contributed by atoms with Gasteiger partial charge in [0.15, 0.2) is 0 Å². The fraction of sp³-hybridized carbons (Fsp3) is 0.467. The summed E-state index contributed by atoms with van der Waals surface area (Å²) in [4.78, 5) is 9.50. The summed E-state index contributed by atoms with van der Waals surface area (Å²) in [6, 6.07) is 1.79. The van der Waals surface area contributed by atoms with E-state index < -0.39 is 0 Å². The van der Waals surface area contributed by atoms with Gasteiger partial charge in [-0.3, -0.25) is 4.98 Å². The molecule has 0 atom stereocenters. The number of oxime groups is 1. The predicted molar refractivity (Wildman–Crippen MR) is 80.7 cm³/mol. The summed E-state index contributed by atoms with van der Waals surface area (Å²) in [6.07, 6.45) is 4.07. The Morgan fingerprint density at radius 1 is 1.60 bits per heavy atom. The van der Waals surface area contributed by atoms with Gasteiger partial charge < -0.3 is 10.6 Å². The van der Waals surface area contributed by atoms with Gasteiger partial charge in [-0.2, -0.15) is 0 Å². The number of pyridine rings is 1. The topological polar surface area (TPSA) is 60.5 Å². The number of nitrogens with zero attached hydrogens (tertiary/aromatic N) is 2. The van der Waals surface area contributed by atoms with Gasteiger partial charge in [-0.1, -0.05) is 28.6 Å². The normalized spacial score (nSPS) is 14.9. The van der Waals surface area contributed by atoms with Gasteiger partial charge in [0, 0.05) is 24.2 Å². The zero-order valence-electron chi connectivity index (χ0n) is 11.7. The molecule has 0 bridgehead atoms. The van der Waals surface area contributed by atoms with Crippen LogP contribution in [0.5, 0.6) is 0 Å². The number of halogens is 1. The first-order valence-electron chi connectivity index (χ1n) is 6.70. The van der Waals surface area contributed by atoms with Crippen LogP contribution in [0.1, 0.15) is 37.9 Å². The molecule has 1 saturated carbocycles. The fourth-order valence-corrected chi connectivity index (χ4v) is 1.75. The van der Waals surface area contributed by atoms with Crippen LogP contribution in [0.15, 0.2) is 17.4 Å². The SMILES string of the molecule is CC(C)O/N=C(/CN)c1ncc(C#CC2CC2)cc1Cl. The van der Waals surface area contributed by atoms with Crippen molar-refractivity contribution in [3.63, 3.8) is 0 Å². The summed E-state index contributed by atoms with van der Waals surface area (Å²) < 4.78 is 0. The number of hydrogen-bond acceptors (Lipinski definition) is 4. The van der Waals surface area contributed by atoms with E-state index in [1.54, 1.807) is 12.3 Å². The van der Waals surface area contributed by atoms with Crippen LogP contribution in [0.3, 0.4) is 0 Å². The second kappa shape index (κ2) is 6.74. The molecule has 2 N–H and O–H groups in total. The molecule has 1 heterocycles. The third kappa shape index (κ3) is 4.22. The van der Waals surface area contributed by atoms with Crippen LogP contribution < -0.4 is 5.73 Å². The molecule has 1 aromatic heterocycles. The van der Waals surface area contributed by atoms with Crippen LogP contribution in [0.25, 0.3) is 0 Å². The lowest BCUT2D eigenvalue weighted by molar-refractivity contribution is 0.0858. The molecular weight excluding hydrogens is 274 g/mol. The average Bonchev–Trinajstić information content (AvgIpc) is 3.22. The molecule has 1 aliphatic rings. The number of nitrogens with two attached hydrogens (primary N) is 1. The smallest absolute Gasteiger partial charge is 0.122 e. The molecule has 0 spiro atoms. The Morgan fingerprint density at radius 2 is 2.35 bits per heavy atom. The maximum absolute atomic E-state index is 6.23. The van der Waals surface area contributed by atoms with Crippen molar-refractivity contribution in [2.24, 2.45) is 16.8 Å². The number of rotatable bonds is 4. The van der Waals surface area contributed by atoms with E-state index >= 15 is 0 Å². The molecule has 0 amide bonds. The lowest BCUT2D eigenvalue weighted by Gasteiger charge is -2.07. The largest absolute Gasteiger partial charge is 0.393 e. The lowest BCUT2D eigenvalue weighted by Crippen LogP contribution is -2.18. The zero-order valence-corrected chi connectivity index (χ0v) is 12.4. The van der Waals surface area contributed by atoms with Crippen LogP contribution in [0, 0.1) is 17.8 Å². The first-order valence-corrected chi connectivity index (χ1v) is 7.08. The first kappa shape index (κ1) is 14.8. The minimum Gasteiger partial charge on any atom is -0.393 e. The van der Waals surface area contributed by atoms with Crippen LogP contribution in [-0.4, -0.2) is 23.3 Å². The average molecular weight is 292 g/mol. The van der Waals surface area contributed by atoms with Crippen molar-refractivity contribution in [2.75, 3.05) is 6.54 Å². The predicted octanol–water partition coefficient (Wildman–Crippen LogP) is 2.58. The first-order chi connectivity index (χ1) is 9.60. The number of aromatic nitrogens is 1. The third-order valence-electron chi connectivity index (χ3n) is 2.68. The van der Waals surface area contributed by atoms with E-state index in [1.807, 2.05) is 13.8 Å². The van der Waals surface area contributed by atoms with E-state index in [9.17, 15) is 0 Å². The van der Waals surface area contributed by atoms with Crippen molar-refractivity contribution < 1.29 is 4.84 Å². The van der Waals surface area contributed by atoms with E-state index in [-0.39, 0.29) is 12.6 Å². The standard InChI is InChI=1S/C15H18ClN3O/c1-10(2)20-19-14(8-17)15-13(16)7-12(9-18-15)6-5-11-3-4-11/h7,9-11H,3-4,8,17H2,1-2H3/b19-14-. The Morgan fingerprint density at radius 3 is 2.90 bits per heavy atom. The molecule has 0 saturated heterocycles. The summed E-state index contributed by atoms with van der Waals surface area (Å²) in [5.74, 6) is 6.81. The lowest BCUT2D eigenvalue weighted by atomic mass is 10.2. The second-order valence-corrected chi connectivity index (χ2v) is 5.40. The second-order valence-electron chi connectivity index (χ2n) is 4.99.